The summed E-state index contributed by atoms with van der Waals surface area (Å²) in [4.78, 5) is 18.2. The molecular formula is C19H22N2O3. The van der Waals surface area contributed by atoms with Gasteiger partial charge in [-0.1, -0.05) is 18.9 Å². The van der Waals surface area contributed by atoms with Crippen molar-refractivity contribution in [3.63, 3.8) is 0 Å². The van der Waals surface area contributed by atoms with Crippen LogP contribution in [0, 0.1) is 0 Å². The Balaban J connectivity index is 1.69. The van der Waals surface area contributed by atoms with Gasteiger partial charge in [-0.05, 0) is 43.2 Å². The van der Waals surface area contributed by atoms with Gasteiger partial charge in [-0.2, -0.15) is 0 Å². The molecule has 1 amide bonds. The molecule has 3 rings (SSSR count). The lowest BCUT2D eigenvalue weighted by Gasteiger charge is -2.28. The van der Waals surface area contributed by atoms with Gasteiger partial charge in [0.1, 0.15) is 11.5 Å². The van der Waals surface area contributed by atoms with E-state index in [4.69, 9.17) is 4.74 Å². The van der Waals surface area contributed by atoms with E-state index in [1.165, 1.54) is 0 Å². The van der Waals surface area contributed by atoms with Crippen LogP contribution in [-0.2, 0) is 0 Å². The minimum atomic E-state index is -0.741. The van der Waals surface area contributed by atoms with Crippen LogP contribution in [0.1, 0.15) is 36.0 Å². The predicted molar refractivity (Wildman–Crippen MR) is 91.1 cm³/mol. The number of hydrogen-bond donors (Lipinski definition) is 1. The highest BCUT2D eigenvalue weighted by Crippen LogP contribution is 2.30. The van der Waals surface area contributed by atoms with Crippen LogP contribution in [0.25, 0.3) is 0 Å². The lowest BCUT2D eigenvalue weighted by Crippen LogP contribution is -2.42. The van der Waals surface area contributed by atoms with Crippen LogP contribution in [0.15, 0.2) is 48.8 Å². The fourth-order valence-electron chi connectivity index (χ4n) is 3.16. The van der Waals surface area contributed by atoms with Gasteiger partial charge in [-0.25, -0.2) is 0 Å². The number of carbonyl (C=O) groups excluding carboxylic acids is 1. The first-order valence-corrected chi connectivity index (χ1v) is 8.22. The molecule has 1 heterocycles. The summed E-state index contributed by atoms with van der Waals surface area (Å²) >= 11 is 0. The van der Waals surface area contributed by atoms with Gasteiger partial charge in [0.15, 0.2) is 0 Å². The van der Waals surface area contributed by atoms with E-state index in [0.29, 0.717) is 23.6 Å². The van der Waals surface area contributed by atoms with Gasteiger partial charge < -0.3 is 14.7 Å². The Morgan fingerprint density at radius 2 is 1.92 bits per heavy atom. The minimum Gasteiger partial charge on any atom is -0.457 e. The zero-order chi connectivity index (χ0) is 17.0. The maximum absolute atomic E-state index is 12.6. The number of ether oxygens (including phenoxy) is 1. The third-order valence-electron chi connectivity index (χ3n) is 4.38. The van der Waals surface area contributed by atoms with E-state index in [1.807, 2.05) is 6.07 Å². The summed E-state index contributed by atoms with van der Waals surface area (Å²) in [6, 6.07) is 10.6. The van der Waals surface area contributed by atoms with Crippen molar-refractivity contribution in [1.29, 1.82) is 0 Å². The van der Waals surface area contributed by atoms with Crippen LogP contribution in [0.5, 0.6) is 11.5 Å². The van der Waals surface area contributed by atoms with Crippen LogP contribution in [0.3, 0.4) is 0 Å². The number of benzene rings is 1. The number of carbonyl (C=O) groups is 1. The Bertz CT molecular complexity index is 697. The van der Waals surface area contributed by atoms with Gasteiger partial charge >= 0.3 is 0 Å². The van der Waals surface area contributed by atoms with Gasteiger partial charge in [-0.15, -0.1) is 0 Å². The van der Waals surface area contributed by atoms with E-state index in [-0.39, 0.29) is 5.91 Å². The molecule has 1 aliphatic rings. The maximum Gasteiger partial charge on any atom is 0.253 e. The summed E-state index contributed by atoms with van der Waals surface area (Å²) in [5, 5.41) is 10.5. The second kappa shape index (κ2) is 7.01. The largest absolute Gasteiger partial charge is 0.457 e. The molecule has 5 heteroatoms. The van der Waals surface area contributed by atoms with Crippen molar-refractivity contribution in [1.82, 2.24) is 9.88 Å². The minimum absolute atomic E-state index is 0.115. The molecule has 1 aromatic heterocycles. The first-order valence-electron chi connectivity index (χ1n) is 8.22. The molecule has 0 radical (unpaired) electrons. The van der Waals surface area contributed by atoms with Crippen LogP contribution < -0.4 is 4.74 Å². The van der Waals surface area contributed by atoms with Crippen LogP contribution >= 0.6 is 0 Å². The van der Waals surface area contributed by atoms with Gasteiger partial charge in [0.2, 0.25) is 0 Å². The van der Waals surface area contributed by atoms with E-state index in [1.54, 1.807) is 54.7 Å². The lowest BCUT2D eigenvalue weighted by atomic mass is 10.0. The summed E-state index contributed by atoms with van der Waals surface area (Å²) in [5.41, 5.74) is -0.194. The van der Waals surface area contributed by atoms with Gasteiger partial charge in [0, 0.05) is 31.5 Å². The van der Waals surface area contributed by atoms with Crippen molar-refractivity contribution in [2.75, 3.05) is 13.6 Å². The fourth-order valence-corrected chi connectivity index (χ4v) is 3.16. The molecule has 1 N–H and O–H groups in total. The SMILES string of the molecule is CN(CC1(O)CCCC1)C(=O)c1cccc(Oc2ccncc2)c1. The molecule has 0 aliphatic heterocycles. The quantitative estimate of drug-likeness (QED) is 0.916. The van der Waals surface area contributed by atoms with Gasteiger partial charge in [0.05, 0.1) is 5.60 Å². The molecule has 0 atom stereocenters. The van der Waals surface area contributed by atoms with Crippen molar-refractivity contribution in [2.45, 2.75) is 31.3 Å². The van der Waals surface area contributed by atoms with Crippen LogP contribution in [0.4, 0.5) is 0 Å². The van der Waals surface area contributed by atoms with Gasteiger partial charge in [-0.3, -0.25) is 9.78 Å². The highest BCUT2D eigenvalue weighted by Gasteiger charge is 2.33. The number of aliphatic hydroxyl groups is 1. The zero-order valence-electron chi connectivity index (χ0n) is 13.8. The monoisotopic (exact) mass is 326 g/mol. The smallest absolute Gasteiger partial charge is 0.253 e. The molecular weight excluding hydrogens is 304 g/mol. The highest BCUT2D eigenvalue weighted by molar-refractivity contribution is 5.94. The molecule has 0 bridgehead atoms. The predicted octanol–water partition coefficient (Wildman–Crippen LogP) is 3.25. The number of amides is 1. The molecule has 1 aromatic carbocycles. The molecule has 24 heavy (non-hydrogen) atoms. The van der Waals surface area contributed by atoms with Crippen molar-refractivity contribution in [3.05, 3.63) is 54.4 Å². The van der Waals surface area contributed by atoms with Crippen LogP contribution in [0.2, 0.25) is 0 Å². The van der Waals surface area contributed by atoms with E-state index in [9.17, 15) is 9.90 Å². The Morgan fingerprint density at radius 1 is 1.21 bits per heavy atom. The first-order chi connectivity index (χ1) is 11.6. The van der Waals surface area contributed by atoms with Crippen molar-refractivity contribution in [3.8, 4) is 11.5 Å². The highest BCUT2D eigenvalue weighted by atomic mass is 16.5. The second-order valence-corrected chi connectivity index (χ2v) is 6.41. The average molecular weight is 326 g/mol. The van der Waals surface area contributed by atoms with Crippen molar-refractivity contribution < 1.29 is 14.6 Å². The van der Waals surface area contributed by atoms with Crippen molar-refractivity contribution in [2.24, 2.45) is 0 Å². The molecule has 1 aliphatic carbocycles. The molecule has 2 aromatic rings. The standard InChI is InChI=1S/C19H22N2O3/c1-21(14-19(23)9-2-3-10-19)18(22)15-5-4-6-17(13-15)24-16-7-11-20-12-8-16/h4-8,11-13,23H,2-3,9-10,14H2,1H3. The first kappa shape index (κ1) is 16.5. The van der Waals surface area contributed by atoms with E-state index in [2.05, 4.69) is 4.98 Å². The normalized spacial score (nSPS) is 15.9. The third kappa shape index (κ3) is 3.92. The maximum atomic E-state index is 12.6. The molecule has 1 saturated carbocycles. The average Bonchev–Trinajstić information content (AvgIpc) is 3.01. The number of nitrogens with zero attached hydrogens (tertiary/aromatic N) is 2. The molecule has 0 spiro atoms. The van der Waals surface area contributed by atoms with Gasteiger partial charge in [0.25, 0.3) is 5.91 Å². The van der Waals surface area contributed by atoms with Crippen LogP contribution in [-0.4, -0.2) is 40.1 Å². The zero-order valence-corrected chi connectivity index (χ0v) is 13.8. The number of pyridine rings is 1. The Kier molecular flexibility index (Phi) is 4.81. The number of likely N-dealkylation sites (N-methyl/N-ethyl adjacent to an activating group) is 1. The van der Waals surface area contributed by atoms with Crippen molar-refractivity contribution >= 4 is 5.91 Å². The van der Waals surface area contributed by atoms with E-state index < -0.39 is 5.60 Å². The molecule has 1 fully saturated rings. The fraction of sp³-hybridized carbons (Fsp3) is 0.368. The number of hydrogen-bond acceptors (Lipinski definition) is 4. The molecule has 0 saturated heterocycles. The number of rotatable bonds is 5. The third-order valence-corrected chi connectivity index (χ3v) is 4.38. The molecule has 126 valence electrons. The summed E-state index contributed by atoms with van der Waals surface area (Å²) in [6.45, 7) is 0.362. The molecule has 5 nitrogen and oxygen atoms in total. The summed E-state index contributed by atoms with van der Waals surface area (Å²) in [5.74, 6) is 1.15. The topological polar surface area (TPSA) is 62.7 Å². The van der Waals surface area contributed by atoms with E-state index in [0.717, 1.165) is 25.7 Å². The molecule has 0 unspecified atom stereocenters. The Hall–Kier alpha value is -2.40. The Morgan fingerprint density at radius 3 is 2.62 bits per heavy atom. The van der Waals surface area contributed by atoms with E-state index >= 15 is 0 Å². The summed E-state index contributed by atoms with van der Waals surface area (Å²) in [6.07, 6.45) is 6.87. The second-order valence-electron chi connectivity index (χ2n) is 6.41. The Labute approximate surface area is 141 Å². The lowest BCUT2D eigenvalue weighted by molar-refractivity contribution is 0.0157. The number of aromatic nitrogens is 1. The summed E-state index contributed by atoms with van der Waals surface area (Å²) < 4.78 is 5.74. The summed E-state index contributed by atoms with van der Waals surface area (Å²) in [7, 11) is 1.73.